The number of carbonyl (C=O) groups excluding carboxylic acids is 2. The molecule has 1 aromatic heterocycles. The average molecular weight is 328 g/mol. The van der Waals surface area contributed by atoms with E-state index >= 15 is 0 Å². The van der Waals surface area contributed by atoms with Crippen molar-refractivity contribution in [2.45, 2.75) is 33.2 Å². The minimum absolute atomic E-state index is 0.216. The lowest BCUT2D eigenvalue weighted by atomic mass is 10.1. The van der Waals surface area contributed by atoms with E-state index in [1.54, 1.807) is 13.0 Å². The van der Waals surface area contributed by atoms with E-state index in [-0.39, 0.29) is 25.1 Å². The number of esters is 1. The van der Waals surface area contributed by atoms with Gasteiger partial charge in [-0.3, -0.25) is 14.4 Å². The molecule has 0 aliphatic carbocycles. The van der Waals surface area contributed by atoms with E-state index < -0.39 is 11.8 Å². The molecule has 2 aromatic rings. The van der Waals surface area contributed by atoms with Crippen LogP contribution in [0.15, 0.2) is 41.2 Å². The molecule has 2 rings (SSSR count). The number of aryl methyl sites for hydroxylation is 1. The predicted molar refractivity (Wildman–Crippen MR) is 89.6 cm³/mol. The third-order valence-electron chi connectivity index (χ3n) is 3.50. The van der Waals surface area contributed by atoms with Gasteiger partial charge < -0.3 is 4.74 Å². The molecule has 6 nitrogen and oxygen atoms in total. The first kappa shape index (κ1) is 17.6. The van der Waals surface area contributed by atoms with E-state index in [2.05, 4.69) is 12.0 Å². The molecular formula is C18H20N2O4. The van der Waals surface area contributed by atoms with Gasteiger partial charge in [0.1, 0.15) is 13.0 Å². The fourth-order valence-electron chi connectivity index (χ4n) is 2.22. The highest BCUT2D eigenvalue weighted by Crippen LogP contribution is 2.16. The zero-order valence-corrected chi connectivity index (χ0v) is 13.8. The van der Waals surface area contributed by atoms with Crippen LogP contribution in [-0.2, 0) is 27.3 Å². The van der Waals surface area contributed by atoms with Crippen LogP contribution in [0.4, 0.5) is 0 Å². The molecule has 0 saturated heterocycles. The SMILES string of the molecule is CCOC(=O)CC(=O)Cn1nc(-c2ccc(CC)cc2)ccc1=O. The van der Waals surface area contributed by atoms with Crippen molar-refractivity contribution in [2.75, 3.05) is 6.61 Å². The van der Waals surface area contributed by atoms with Crippen molar-refractivity contribution in [3.63, 3.8) is 0 Å². The minimum atomic E-state index is -0.596. The second-order valence-electron chi connectivity index (χ2n) is 5.29. The van der Waals surface area contributed by atoms with Gasteiger partial charge in [-0.2, -0.15) is 5.10 Å². The van der Waals surface area contributed by atoms with E-state index in [1.807, 2.05) is 24.3 Å². The molecule has 0 unspecified atom stereocenters. The number of hydrogen-bond donors (Lipinski definition) is 0. The Bertz CT molecular complexity index is 778. The molecule has 0 fully saturated rings. The van der Waals surface area contributed by atoms with Crippen LogP contribution in [0.1, 0.15) is 25.8 Å². The summed E-state index contributed by atoms with van der Waals surface area (Å²) < 4.78 is 5.80. The summed E-state index contributed by atoms with van der Waals surface area (Å²) >= 11 is 0. The predicted octanol–water partition coefficient (Wildman–Crippen LogP) is 2.00. The minimum Gasteiger partial charge on any atom is -0.466 e. The van der Waals surface area contributed by atoms with Crippen LogP contribution in [-0.4, -0.2) is 28.1 Å². The lowest BCUT2D eigenvalue weighted by Gasteiger charge is -2.07. The van der Waals surface area contributed by atoms with Gasteiger partial charge >= 0.3 is 5.97 Å². The molecule has 0 atom stereocenters. The van der Waals surface area contributed by atoms with Crippen LogP contribution in [0.25, 0.3) is 11.3 Å². The lowest BCUT2D eigenvalue weighted by Crippen LogP contribution is -2.27. The monoisotopic (exact) mass is 328 g/mol. The molecule has 0 saturated carbocycles. The Morgan fingerprint density at radius 2 is 1.79 bits per heavy atom. The summed E-state index contributed by atoms with van der Waals surface area (Å²) in [5.41, 5.74) is 2.28. The summed E-state index contributed by atoms with van der Waals surface area (Å²) in [5.74, 6) is -1.01. The molecule has 1 aromatic carbocycles. The topological polar surface area (TPSA) is 78.3 Å². The normalized spacial score (nSPS) is 10.4. The molecule has 0 N–H and O–H groups in total. The molecule has 126 valence electrons. The van der Waals surface area contributed by atoms with Crippen LogP contribution in [0.5, 0.6) is 0 Å². The molecule has 0 aliphatic rings. The zero-order valence-electron chi connectivity index (χ0n) is 13.8. The second kappa shape index (κ2) is 8.19. The van der Waals surface area contributed by atoms with E-state index in [0.717, 1.165) is 16.7 Å². The van der Waals surface area contributed by atoms with Crippen LogP contribution < -0.4 is 5.56 Å². The molecular weight excluding hydrogens is 308 g/mol. The van der Waals surface area contributed by atoms with Crippen molar-refractivity contribution in [3.05, 3.63) is 52.3 Å². The van der Waals surface area contributed by atoms with Crippen LogP contribution in [0, 0.1) is 0 Å². The Morgan fingerprint density at radius 3 is 2.42 bits per heavy atom. The number of nitrogens with zero attached hydrogens (tertiary/aromatic N) is 2. The fourth-order valence-corrected chi connectivity index (χ4v) is 2.22. The van der Waals surface area contributed by atoms with Crippen LogP contribution >= 0.6 is 0 Å². The molecule has 0 bridgehead atoms. The van der Waals surface area contributed by atoms with E-state index in [0.29, 0.717) is 5.69 Å². The van der Waals surface area contributed by atoms with Crippen molar-refractivity contribution >= 4 is 11.8 Å². The van der Waals surface area contributed by atoms with Gasteiger partial charge in [0.2, 0.25) is 0 Å². The molecule has 6 heteroatoms. The standard InChI is InChI=1S/C18H20N2O4/c1-3-13-5-7-14(8-6-13)16-9-10-17(22)20(19-16)12-15(21)11-18(23)24-4-2/h5-10H,3-4,11-12H2,1-2H3. The molecule has 0 aliphatic heterocycles. The lowest BCUT2D eigenvalue weighted by molar-refractivity contribution is -0.145. The first-order valence-electron chi connectivity index (χ1n) is 7.88. The number of carbonyl (C=O) groups is 2. The second-order valence-corrected chi connectivity index (χ2v) is 5.29. The third-order valence-corrected chi connectivity index (χ3v) is 3.50. The third kappa shape index (κ3) is 4.62. The van der Waals surface area contributed by atoms with E-state index in [1.165, 1.54) is 11.6 Å². The van der Waals surface area contributed by atoms with Gasteiger partial charge in [0.25, 0.3) is 5.56 Å². The highest BCUT2D eigenvalue weighted by Gasteiger charge is 2.13. The smallest absolute Gasteiger partial charge is 0.313 e. The largest absolute Gasteiger partial charge is 0.466 e. The maximum atomic E-state index is 11.9. The first-order valence-corrected chi connectivity index (χ1v) is 7.88. The van der Waals surface area contributed by atoms with Crippen molar-refractivity contribution < 1.29 is 14.3 Å². The number of ketones is 1. The maximum absolute atomic E-state index is 11.9. The van der Waals surface area contributed by atoms with Gasteiger partial charge in [0.15, 0.2) is 5.78 Å². The molecule has 1 heterocycles. The van der Waals surface area contributed by atoms with Gasteiger partial charge in [-0.15, -0.1) is 0 Å². The van der Waals surface area contributed by atoms with Crippen molar-refractivity contribution in [3.8, 4) is 11.3 Å². The summed E-state index contributed by atoms with van der Waals surface area (Å²) in [6, 6.07) is 10.8. The Hall–Kier alpha value is -2.76. The molecule has 24 heavy (non-hydrogen) atoms. The number of rotatable bonds is 7. The summed E-state index contributed by atoms with van der Waals surface area (Å²) in [6.45, 7) is 3.70. The number of Topliss-reactive ketones (excluding diaryl/α,β-unsaturated/α-hetero) is 1. The quantitative estimate of drug-likeness (QED) is 0.574. The molecule has 0 spiro atoms. The number of ether oxygens (including phenoxy) is 1. The summed E-state index contributed by atoms with van der Waals surface area (Å²) in [6.07, 6.45) is 0.576. The fraction of sp³-hybridized carbons (Fsp3) is 0.333. The zero-order chi connectivity index (χ0) is 17.5. The van der Waals surface area contributed by atoms with Crippen molar-refractivity contribution in [2.24, 2.45) is 0 Å². The highest BCUT2D eigenvalue weighted by molar-refractivity contribution is 5.95. The van der Waals surface area contributed by atoms with Gasteiger partial charge in [-0.1, -0.05) is 31.2 Å². The van der Waals surface area contributed by atoms with E-state index in [9.17, 15) is 14.4 Å². The van der Waals surface area contributed by atoms with Crippen molar-refractivity contribution in [1.82, 2.24) is 9.78 Å². The Labute approximate surface area is 140 Å². The highest BCUT2D eigenvalue weighted by atomic mass is 16.5. The van der Waals surface area contributed by atoms with Crippen LogP contribution in [0.3, 0.4) is 0 Å². The summed E-state index contributed by atoms with van der Waals surface area (Å²) in [7, 11) is 0. The van der Waals surface area contributed by atoms with E-state index in [4.69, 9.17) is 4.74 Å². The maximum Gasteiger partial charge on any atom is 0.313 e. The molecule has 0 amide bonds. The number of hydrogen-bond acceptors (Lipinski definition) is 5. The van der Waals surface area contributed by atoms with Gasteiger partial charge in [-0.25, -0.2) is 4.68 Å². The van der Waals surface area contributed by atoms with Gasteiger partial charge in [-0.05, 0) is 25.0 Å². The first-order chi connectivity index (χ1) is 11.5. The summed E-state index contributed by atoms with van der Waals surface area (Å²) in [4.78, 5) is 35.1. The van der Waals surface area contributed by atoms with Gasteiger partial charge in [0, 0.05) is 11.6 Å². The average Bonchev–Trinajstić information content (AvgIpc) is 2.57. The Kier molecular flexibility index (Phi) is 6.01. The van der Waals surface area contributed by atoms with Gasteiger partial charge in [0.05, 0.1) is 12.3 Å². The Balaban J connectivity index is 2.17. The van der Waals surface area contributed by atoms with Crippen LogP contribution in [0.2, 0.25) is 0 Å². The van der Waals surface area contributed by atoms with Crippen molar-refractivity contribution in [1.29, 1.82) is 0 Å². The summed E-state index contributed by atoms with van der Waals surface area (Å²) in [5, 5.41) is 4.22. The number of aromatic nitrogens is 2. The number of benzene rings is 1. The Morgan fingerprint density at radius 1 is 1.08 bits per heavy atom. The molecule has 0 radical (unpaired) electrons.